The summed E-state index contributed by atoms with van der Waals surface area (Å²) in [4.78, 5) is 50.5. The van der Waals surface area contributed by atoms with Crippen molar-refractivity contribution < 1.29 is 36.3 Å². The monoisotopic (exact) mass is 982 g/mol. The fourth-order valence-electron chi connectivity index (χ4n) is 7.17. The van der Waals surface area contributed by atoms with Crippen molar-refractivity contribution in [3.63, 3.8) is 0 Å². The number of benzene rings is 4. The summed E-state index contributed by atoms with van der Waals surface area (Å²) in [5.74, 6) is -2.20. The third-order valence-electron chi connectivity index (χ3n) is 11.3. The molecular formula is C49H60F2N12O6S. The van der Waals surface area contributed by atoms with Crippen molar-refractivity contribution in [3.05, 3.63) is 131 Å². The molecule has 2 aliphatic heterocycles. The smallest absolute Gasteiger partial charge is 0.249 e. The van der Waals surface area contributed by atoms with Gasteiger partial charge >= 0.3 is 0 Å². The number of nitrogens with one attached hydrogen (secondary N) is 1. The molecule has 372 valence electrons. The first-order chi connectivity index (χ1) is 33.0. The van der Waals surface area contributed by atoms with Crippen LogP contribution < -0.4 is 41.8 Å². The molecule has 2 fully saturated rings. The molecule has 4 heterocycles. The van der Waals surface area contributed by atoms with E-state index in [2.05, 4.69) is 71.1 Å². The standard InChI is InChI=1S/C23H25FN6O2.C14H14FN3O4S.C11H17N3.CH4/c1-29-9-11-30(12-10-29)17-6-4-16(5-7-17)27-23-26-14-19(22(25)28-23)21(31)18-13-15(24)3-8-20(18)32-2;1-3-23(20,21)14-17-7-10(13(16)18-14)12(19)9-6-8(15)4-5-11(9)22-2;1-13-6-8-14(9-7-13)11-4-2-10(12)3-5-11;/h3-8,13-14H,9-12H2,1-2H3,(H3,25,26,27,28);4-7H,3H2,1-2H3,(H2,16,17,18);2-5H,6-9,12H2,1H3;1H4. The van der Waals surface area contributed by atoms with E-state index in [1.54, 1.807) is 0 Å². The summed E-state index contributed by atoms with van der Waals surface area (Å²) >= 11 is 0. The molecular weight excluding hydrogens is 923 g/mol. The normalized spacial score (nSPS) is 13.9. The predicted molar refractivity (Wildman–Crippen MR) is 270 cm³/mol. The Morgan fingerprint density at radius 3 is 1.47 bits per heavy atom. The van der Waals surface area contributed by atoms with Crippen LogP contribution in [0.5, 0.6) is 11.5 Å². The molecule has 0 radical (unpaired) electrons. The van der Waals surface area contributed by atoms with Gasteiger partial charge in [-0.1, -0.05) is 14.4 Å². The molecule has 6 aromatic rings. The number of methoxy groups -OCH3 is 2. The van der Waals surface area contributed by atoms with E-state index in [0.29, 0.717) is 0 Å². The van der Waals surface area contributed by atoms with Crippen LogP contribution in [0.2, 0.25) is 0 Å². The van der Waals surface area contributed by atoms with Crippen molar-refractivity contribution in [2.24, 2.45) is 0 Å². The predicted octanol–water partition coefficient (Wildman–Crippen LogP) is 5.82. The maximum Gasteiger partial charge on any atom is 0.249 e. The largest absolute Gasteiger partial charge is 0.496 e. The number of ether oxygens (including phenoxy) is 2. The van der Waals surface area contributed by atoms with Crippen molar-refractivity contribution in [1.82, 2.24) is 29.7 Å². The van der Waals surface area contributed by atoms with Crippen LogP contribution in [0.1, 0.15) is 46.2 Å². The summed E-state index contributed by atoms with van der Waals surface area (Å²) in [7, 11) is 3.39. The van der Waals surface area contributed by atoms with Crippen molar-refractivity contribution in [2.75, 3.05) is 119 Å². The highest BCUT2D eigenvalue weighted by Gasteiger charge is 2.24. The Morgan fingerprint density at radius 2 is 1.06 bits per heavy atom. The van der Waals surface area contributed by atoms with Crippen LogP contribution >= 0.6 is 0 Å². The number of nitrogens with zero attached hydrogens (tertiary/aromatic N) is 8. The van der Waals surface area contributed by atoms with Gasteiger partial charge in [-0.3, -0.25) is 9.59 Å². The second kappa shape index (κ2) is 24.2. The SMILES string of the molecule is C.CCS(=O)(=O)c1ncc(C(=O)c2cc(F)ccc2OC)c(N)n1.CN1CCN(c2ccc(N)cc2)CC1.COc1ccc(F)cc1C(=O)c1cnc(Nc2ccc(N3CCN(C)CC3)cc2)nc1N. The number of aromatic nitrogens is 4. The van der Waals surface area contributed by atoms with E-state index in [1.807, 2.05) is 36.4 Å². The molecule has 0 unspecified atom stereocenters. The highest BCUT2D eigenvalue weighted by atomic mass is 32.2. The topological polar surface area (TPSA) is 241 Å². The van der Waals surface area contributed by atoms with Crippen LogP contribution in [-0.4, -0.2) is 136 Å². The number of likely N-dealkylation sites (N-methyl/N-ethyl adjacent to an activating group) is 2. The summed E-state index contributed by atoms with van der Waals surface area (Å²) in [5.41, 5.74) is 21.4. The zero-order valence-corrected chi connectivity index (χ0v) is 39.8. The number of hydrogen-bond donors (Lipinski definition) is 4. The van der Waals surface area contributed by atoms with Crippen molar-refractivity contribution >= 4 is 61.7 Å². The van der Waals surface area contributed by atoms with Crippen LogP contribution in [0, 0.1) is 11.6 Å². The number of piperazine rings is 2. The third kappa shape index (κ3) is 13.6. The molecule has 8 rings (SSSR count). The zero-order valence-electron chi connectivity index (χ0n) is 39.0. The van der Waals surface area contributed by atoms with Gasteiger partial charge in [0.1, 0.15) is 34.8 Å². The van der Waals surface area contributed by atoms with Crippen LogP contribution in [0.25, 0.3) is 0 Å². The molecule has 7 N–H and O–H groups in total. The number of ketones is 2. The van der Waals surface area contributed by atoms with Crippen molar-refractivity contribution in [3.8, 4) is 11.5 Å². The highest BCUT2D eigenvalue weighted by molar-refractivity contribution is 7.91. The molecule has 4 aromatic carbocycles. The van der Waals surface area contributed by atoms with Gasteiger partial charge in [0.15, 0.2) is 0 Å². The Hall–Kier alpha value is -7.49. The number of carbonyl (C=O) groups is 2. The quantitative estimate of drug-likeness (QED) is 0.0641. The molecule has 2 saturated heterocycles. The molecule has 21 heteroatoms. The van der Waals surface area contributed by atoms with Gasteiger partial charge in [-0.05, 0) is 99.0 Å². The number of nitrogens with two attached hydrogens (primary N) is 3. The summed E-state index contributed by atoms with van der Waals surface area (Å²) < 4.78 is 60.6. The van der Waals surface area contributed by atoms with Gasteiger partial charge in [0.2, 0.25) is 32.5 Å². The van der Waals surface area contributed by atoms with E-state index < -0.39 is 38.2 Å². The minimum absolute atomic E-state index is 0. The number of sulfone groups is 1. The maximum atomic E-state index is 13.6. The van der Waals surface area contributed by atoms with Gasteiger partial charge in [-0.15, -0.1) is 0 Å². The number of nitrogen functional groups attached to an aromatic ring is 3. The fourth-order valence-corrected chi connectivity index (χ4v) is 7.88. The number of hydrogen-bond acceptors (Lipinski definition) is 18. The van der Waals surface area contributed by atoms with E-state index in [-0.39, 0.29) is 64.5 Å². The molecule has 0 atom stereocenters. The lowest BCUT2D eigenvalue weighted by Gasteiger charge is -2.34. The van der Waals surface area contributed by atoms with Gasteiger partial charge in [0, 0.05) is 87.5 Å². The molecule has 70 heavy (non-hydrogen) atoms. The number of halogens is 2. The number of rotatable bonds is 12. The lowest BCUT2D eigenvalue weighted by atomic mass is 10.0. The van der Waals surface area contributed by atoms with Gasteiger partial charge < -0.3 is 51.6 Å². The van der Waals surface area contributed by atoms with E-state index in [1.165, 1.54) is 51.2 Å². The Kier molecular flexibility index (Phi) is 18.5. The van der Waals surface area contributed by atoms with Crippen LogP contribution in [-0.2, 0) is 9.84 Å². The summed E-state index contributed by atoms with van der Waals surface area (Å²) in [5, 5.41) is 2.64. The van der Waals surface area contributed by atoms with E-state index in [4.69, 9.17) is 26.7 Å². The van der Waals surface area contributed by atoms with Gasteiger partial charge in [0.05, 0.1) is 42.2 Å². The first kappa shape index (κ1) is 53.5. The van der Waals surface area contributed by atoms with E-state index in [9.17, 15) is 26.8 Å². The maximum absolute atomic E-state index is 13.6. The van der Waals surface area contributed by atoms with E-state index in [0.717, 1.165) is 93.8 Å². The Balaban J connectivity index is 0.000000210. The lowest BCUT2D eigenvalue weighted by molar-refractivity contribution is 0.102. The molecule has 18 nitrogen and oxygen atoms in total. The fraction of sp³-hybridized carbons (Fsp3) is 0.306. The second-order valence-electron chi connectivity index (χ2n) is 16.0. The van der Waals surface area contributed by atoms with Crippen LogP contribution in [0.15, 0.2) is 102 Å². The highest BCUT2D eigenvalue weighted by Crippen LogP contribution is 2.27. The first-order valence-corrected chi connectivity index (χ1v) is 23.5. The molecule has 2 aromatic heterocycles. The molecule has 0 spiro atoms. The van der Waals surface area contributed by atoms with Crippen molar-refractivity contribution in [1.29, 1.82) is 0 Å². The average molecular weight is 983 g/mol. The van der Waals surface area contributed by atoms with E-state index >= 15 is 0 Å². The molecule has 0 saturated carbocycles. The summed E-state index contributed by atoms with van der Waals surface area (Å²) in [6, 6.07) is 23.3. The zero-order chi connectivity index (χ0) is 49.8. The minimum atomic E-state index is -3.65. The Labute approximate surface area is 407 Å². The number of carbonyl (C=O) groups excluding carboxylic acids is 2. The van der Waals surface area contributed by atoms with Gasteiger partial charge in [-0.2, -0.15) is 4.98 Å². The van der Waals surface area contributed by atoms with Crippen LogP contribution in [0.4, 0.5) is 49.1 Å². The average Bonchev–Trinajstić information content (AvgIpc) is 3.35. The Morgan fingerprint density at radius 1 is 0.629 bits per heavy atom. The molecule has 0 bridgehead atoms. The Bertz CT molecular complexity index is 2840. The summed E-state index contributed by atoms with van der Waals surface area (Å²) in [6.45, 7) is 10.0. The molecule has 0 amide bonds. The van der Waals surface area contributed by atoms with Gasteiger partial charge in [0.25, 0.3) is 0 Å². The number of anilines is 7. The van der Waals surface area contributed by atoms with Gasteiger partial charge in [-0.25, -0.2) is 32.2 Å². The first-order valence-electron chi connectivity index (χ1n) is 21.8. The van der Waals surface area contributed by atoms with Crippen LogP contribution in [0.3, 0.4) is 0 Å². The second-order valence-corrected chi connectivity index (χ2v) is 18.2. The van der Waals surface area contributed by atoms with Crippen molar-refractivity contribution in [2.45, 2.75) is 19.5 Å². The lowest BCUT2D eigenvalue weighted by Crippen LogP contribution is -2.44. The summed E-state index contributed by atoms with van der Waals surface area (Å²) in [6.07, 6.45) is 2.34. The minimum Gasteiger partial charge on any atom is -0.496 e. The molecule has 2 aliphatic rings. The third-order valence-corrected chi connectivity index (χ3v) is 12.8. The molecule has 0 aliphatic carbocycles.